The molecule has 0 aromatic heterocycles. The predicted molar refractivity (Wildman–Crippen MR) is 80.6 cm³/mol. The SMILES string of the molecule is CCCCCCCCCC(CC)OCCOP(=O)(O)O. The van der Waals surface area contributed by atoms with E-state index in [1.165, 1.54) is 38.5 Å². The first-order chi connectivity index (χ1) is 9.49. The van der Waals surface area contributed by atoms with Crippen LogP contribution in [-0.2, 0) is 13.8 Å². The monoisotopic (exact) mass is 310 g/mol. The van der Waals surface area contributed by atoms with Gasteiger partial charge in [0.1, 0.15) is 0 Å². The smallest absolute Gasteiger partial charge is 0.376 e. The van der Waals surface area contributed by atoms with Crippen LogP contribution < -0.4 is 0 Å². The molecule has 0 aromatic rings. The second kappa shape index (κ2) is 12.8. The van der Waals surface area contributed by atoms with Gasteiger partial charge in [0.25, 0.3) is 0 Å². The van der Waals surface area contributed by atoms with E-state index in [4.69, 9.17) is 14.5 Å². The number of hydrogen-bond donors (Lipinski definition) is 2. The number of phosphoric acid groups is 1. The van der Waals surface area contributed by atoms with Gasteiger partial charge in [0.2, 0.25) is 0 Å². The van der Waals surface area contributed by atoms with Crippen LogP contribution in [0, 0.1) is 0 Å². The summed E-state index contributed by atoms with van der Waals surface area (Å²) in [5.41, 5.74) is 0. The van der Waals surface area contributed by atoms with E-state index in [9.17, 15) is 4.57 Å². The van der Waals surface area contributed by atoms with Gasteiger partial charge in [0.05, 0.1) is 19.3 Å². The summed E-state index contributed by atoms with van der Waals surface area (Å²) in [5.74, 6) is 0. The van der Waals surface area contributed by atoms with Crippen molar-refractivity contribution in [2.75, 3.05) is 13.2 Å². The molecule has 0 rings (SSSR count). The standard InChI is InChI=1S/C14H31O5P/c1-3-5-6-7-8-9-10-11-14(4-2)18-12-13-19-20(15,16)17/h14H,3-13H2,1-2H3,(H2,15,16,17). The largest absolute Gasteiger partial charge is 0.469 e. The lowest BCUT2D eigenvalue weighted by atomic mass is 10.1. The minimum absolute atomic E-state index is 0.0577. The normalized spacial score (nSPS) is 13.6. The van der Waals surface area contributed by atoms with E-state index in [1.54, 1.807) is 0 Å². The molecule has 0 aliphatic rings. The highest BCUT2D eigenvalue weighted by Gasteiger charge is 2.13. The van der Waals surface area contributed by atoms with E-state index in [-0.39, 0.29) is 19.3 Å². The van der Waals surface area contributed by atoms with Gasteiger partial charge in [-0.2, -0.15) is 0 Å². The molecule has 0 saturated heterocycles. The Bertz CT molecular complexity index is 254. The molecular formula is C14H31O5P. The predicted octanol–water partition coefficient (Wildman–Crippen LogP) is 4.03. The summed E-state index contributed by atoms with van der Waals surface area (Å²) in [6, 6.07) is 0. The Morgan fingerprint density at radius 1 is 0.950 bits per heavy atom. The molecule has 0 spiro atoms. The molecule has 0 amide bonds. The van der Waals surface area contributed by atoms with Crippen molar-refractivity contribution in [2.24, 2.45) is 0 Å². The van der Waals surface area contributed by atoms with Crippen LogP contribution >= 0.6 is 7.82 Å². The Morgan fingerprint density at radius 2 is 1.55 bits per heavy atom. The van der Waals surface area contributed by atoms with Crippen molar-refractivity contribution in [3.8, 4) is 0 Å². The van der Waals surface area contributed by atoms with Crippen LogP contribution in [0.15, 0.2) is 0 Å². The van der Waals surface area contributed by atoms with Gasteiger partial charge in [-0.1, -0.05) is 58.8 Å². The Balaban J connectivity index is 3.45. The number of hydrogen-bond acceptors (Lipinski definition) is 3. The molecule has 0 heterocycles. The van der Waals surface area contributed by atoms with Gasteiger partial charge in [-0.3, -0.25) is 4.52 Å². The summed E-state index contributed by atoms with van der Waals surface area (Å²) in [6.45, 7) is 4.47. The van der Waals surface area contributed by atoms with Crippen molar-refractivity contribution < 1.29 is 23.6 Å². The number of unbranched alkanes of at least 4 members (excludes halogenated alkanes) is 6. The third kappa shape index (κ3) is 14.5. The van der Waals surface area contributed by atoms with Gasteiger partial charge >= 0.3 is 7.82 Å². The topological polar surface area (TPSA) is 76.0 Å². The van der Waals surface area contributed by atoms with Crippen molar-refractivity contribution in [2.45, 2.75) is 77.7 Å². The first-order valence-corrected chi connectivity index (χ1v) is 9.34. The molecule has 0 saturated carbocycles. The maximum atomic E-state index is 10.5. The van der Waals surface area contributed by atoms with Crippen LogP contribution in [0.5, 0.6) is 0 Å². The fourth-order valence-corrected chi connectivity index (χ4v) is 2.42. The molecule has 122 valence electrons. The van der Waals surface area contributed by atoms with E-state index >= 15 is 0 Å². The van der Waals surface area contributed by atoms with Gasteiger partial charge in [0.15, 0.2) is 0 Å². The van der Waals surface area contributed by atoms with Gasteiger partial charge in [0, 0.05) is 0 Å². The minimum atomic E-state index is -4.35. The Morgan fingerprint density at radius 3 is 2.10 bits per heavy atom. The lowest BCUT2D eigenvalue weighted by Gasteiger charge is -2.16. The van der Waals surface area contributed by atoms with Crippen LogP contribution in [-0.4, -0.2) is 29.1 Å². The van der Waals surface area contributed by atoms with Crippen molar-refractivity contribution in [3.05, 3.63) is 0 Å². The van der Waals surface area contributed by atoms with Crippen LogP contribution in [0.25, 0.3) is 0 Å². The lowest BCUT2D eigenvalue weighted by Crippen LogP contribution is -2.15. The van der Waals surface area contributed by atoms with E-state index in [2.05, 4.69) is 18.4 Å². The molecule has 0 fully saturated rings. The third-order valence-electron chi connectivity index (χ3n) is 3.28. The molecule has 0 aliphatic carbocycles. The molecular weight excluding hydrogens is 279 g/mol. The fraction of sp³-hybridized carbons (Fsp3) is 1.00. The molecule has 6 heteroatoms. The highest BCUT2D eigenvalue weighted by Crippen LogP contribution is 2.35. The molecule has 20 heavy (non-hydrogen) atoms. The van der Waals surface area contributed by atoms with E-state index in [1.807, 2.05) is 0 Å². The van der Waals surface area contributed by atoms with Crippen molar-refractivity contribution >= 4 is 7.82 Å². The van der Waals surface area contributed by atoms with Gasteiger partial charge in [-0.25, -0.2) is 4.57 Å². The van der Waals surface area contributed by atoms with Gasteiger partial charge in [-0.05, 0) is 12.8 Å². The molecule has 0 aromatic carbocycles. The maximum absolute atomic E-state index is 10.5. The number of ether oxygens (including phenoxy) is 1. The second-order valence-electron chi connectivity index (χ2n) is 5.13. The molecule has 5 nitrogen and oxygen atoms in total. The fourth-order valence-electron chi connectivity index (χ4n) is 2.11. The van der Waals surface area contributed by atoms with Crippen molar-refractivity contribution in [1.82, 2.24) is 0 Å². The Labute approximate surface area is 123 Å². The van der Waals surface area contributed by atoms with Gasteiger partial charge < -0.3 is 14.5 Å². The zero-order valence-electron chi connectivity index (χ0n) is 12.9. The molecule has 0 radical (unpaired) electrons. The average Bonchev–Trinajstić information content (AvgIpc) is 2.39. The summed E-state index contributed by atoms with van der Waals surface area (Å²) in [6.07, 6.45) is 11.1. The summed E-state index contributed by atoms with van der Waals surface area (Å²) < 4.78 is 20.4. The molecule has 0 bridgehead atoms. The minimum Gasteiger partial charge on any atom is -0.376 e. The zero-order valence-corrected chi connectivity index (χ0v) is 13.8. The molecule has 1 unspecified atom stereocenters. The highest BCUT2D eigenvalue weighted by atomic mass is 31.2. The summed E-state index contributed by atoms with van der Waals surface area (Å²) in [4.78, 5) is 17.1. The molecule has 1 atom stereocenters. The second-order valence-corrected chi connectivity index (χ2v) is 6.37. The number of phosphoric ester groups is 1. The first kappa shape index (κ1) is 20.1. The van der Waals surface area contributed by atoms with Crippen LogP contribution in [0.1, 0.15) is 71.6 Å². The van der Waals surface area contributed by atoms with E-state index < -0.39 is 7.82 Å². The van der Waals surface area contributed by atoms with E-state index in [0.717, 1.165) is 19.3 Å². The van der Waals surface area contributed by atoms with Gasteiger partial charge in [-0.15, -0.1) is 0 Å². The van der Waals surface area contributed by atoms with Crippen LogP contribution in [0.3, 0.4) is 0 Å². The molecule has 0 aliphatic heterocycles. The number of rotatable bonds is 14. The summed E-state index contributed by atoms with van der Waals surface area (Å²) in [5, 5.41) is 0. The van der Waals surface area contributed by atoms with Crippen LogP contribution in [0.2, 0.25) is 0 Å². The molecule has 2 N–H and O–H groups in total. The summed E-state index contributed by atoms with van der Waals surface area (Å²) >= 11 is 0. The maximum Gasteiger partial charge on any atom is 0.469 e. The quantitative estimate of drug-likeness (QED) is 0.374. The van der Waals surface area contributed by atoms with E-state index in [0.29, 0.717) is 0 Å². The van der Waals surface area contributed by atoms with Crippen LogP contribution in [0.4, 0.5) is 0 Å². The van der Waals surface area contributed by atoms with Crippen molar-refractivity contribution in [3.63, 3.8) is 0 Å². The Kier molecular flexibility index (Phi) is 12.8. The Hall–Kier alpha value is 0.0700. The highest BCUT2D eigenvalue weighted by molar-refractivity contribution is 7.46. The third-order valence-corrected chi connectivity index (χ3v) is 3.80. The lowest BCUT2D eigenvalue weighted by molar-refractivity contribution is 0.0198. The van der Waals surface area contributed by atoms with Crippen molar-refractivity contribution in [1.29, 1.82) is 0 Å². The summed E-state index contributed by atoms with van der Waals surface area (Å²) in [7, 11) is -4.35. The average molecular weight is 310 g/mol. The zero-order chi connectivity index (χ0) is 15.3. The first-order valence-electron chi connectivity index (χ1n) is 7.81.